The number of hydrogen-bond acceptors (Lipinski definition) is 5. The van der Waals surface area contributed by atoms with Crippen LogP contribution >= 0.6 is 0 Å². The summed E-state index contributed by atoms with van der Waals surface area (Å²) in [5.41, 5.74) is 0.0557. The van der Waals surface area contributed by atoms with Crippen LogP contribution < -0.4 is 15.0 Å². The van der Waals surface area contributed by atoms with Gasteiger partial charge in [0.25, 0.3) is 11.8 Å². The molecule has 2 aromatic carbocycles. The Labute approximate surface area is 198 Å². The van der Waals surface area contributed by atoms with Gasteiger partial charge in [0.15, 0.2) is 5.69 Å². The maximum Gasteiger partial charge on any atom is 0.416 e. The monoisotopic (exact) mass is 483 g/mol. The number of nitrogens with one attached hydrogen (secondary N) is 1. The van der Waals surface area contributed by atoms with Crippen molar-refractivity contribution in [3.05, 3.63) is 71.0 Å². The SMILES string of the molecule is COc1ccc(C(=O)Nc2cnn3c2C(=O)N(c2ccc(C(F)(F)F)cc2)C(C)C3C)cc1C#N. The lowest BCUT2D eigenvalue weighted by Gasteiger charge is -2.38. The molecule has 2 atom stereocenters. The highest BCUT2D eigenvalue weighted by Crippen LogP contribution is 2.36. The van der Waals surface area contributed by atoms with Gasteiger partial charge in [-0.15, -0.1) is 0 Å². The molecular weight excluding hydrogens is 463 g/mol. The topological polar surface area (TPSA) is 100 Å². The molecule has 0 fully saturated rings. The summed E-state index contributed by atoms with van der Waals surface area (Å²) in [6.07, 6.45) is -3.15. The lowest BCUT2D eigenvalue weighted by Crippen LogP contribution is -2.49. The molecule has 4 rings (SSSR count). The molecule has 35 heavy (non-hydrogen) atoms. The van der Waals surface area contributed by atoms with Crippen LogP contribution in [0.1, 0.15) is 51.9 Å². The van der Waals surface area contributed by atoms with Crippen LogP contribution in [-0.4, -0.2) is 34.7 Å². The first-order valence-corrected chi connectivity index (χ1v) is 10.5. The fourth-order valence-electron chi connectivity index (χ4n) is 3.99. The molecule has 2 unspecified atom stereocenters. The molecule has 1 aromatic heterocycles. The third-order valence-electron chi connectivity index (χ3n) is 6.01. The zero-order valence-electron chi connectivity index (χ0n) is 18.9. The van der Waals surface area contributed by atoms with E-state index in [1.807, 2.05) is 13.0 Å². The number of halogens is 3. The van der Waals surface area contributed by atoms with Crippen molar-refractivity contribution in [3.63, 3.8) is 0 Å². The average molecular weight is 483 g/mol. The van der Waals surface area contributed by atoms with E-state index >= 15 is 0 Å². The van der Waals surface area contributed by atoms with E-state index in [1.54, 1.807) is 6.92 Å². The second-order valence-electron chi connectivity index (χ2n) is 8.03. The molecule has 0 saturated carbocycles. The number of aromatic nitrogens is 2. The molecule has 3 aromatic rings. The molecule has 11 heteroatoms. The number of nitriles is 1. The number of carbonyl (C=O) groups excluding carboxylic acids is 2. The molecular formula is C24H20F3N5O3. The predicted molar refractivity (Wildman–Crippen MR) is 120 cm³/mol. The van der Waals surface area contributed by atoms with E-state index in [0.29, 0.717) is 11.4 Å². The van der Waals surface area contributed by atoms with Gasteiger partial charge in [-0.3, -0.25) is 14.3 Å². The highest BCUT2D eigenvalue weighted by atomic mass is 19.4. The number of rotatable bonds is 4. The van der Waals surface area contributed by atoms with E-state index in [9.17, 15) is 28.0 Å². The van der Waals surface area contributed by atoms with E-state index in [1.165, 1.54) is 53.2 Å². The number of fused-ring (bicyclic) bond motifs is 1. The summed E-state index contributed by atoms with van der Waals surface area (Å²) in [6, 6.07) is 9.87. The van der Waals surface area contributed by atoms with Gasteiger partial charge in [-0.25, -0.2) is 0 Å². The number of nitrogens with zero attached hydrogens (tertiary/aromatic N) is 4. The van der Waals surface area contributed by atoms with Crippen LogP contribution in [0.2, 0.25) is 0 Å². The Balaban J connectivity index is 1.66. The Bertz CT molecular complexity index is 1340. The molecule has 1 aliphatic heterocycles. The third-order valence-corrected chi connectivity index (χ3v) is 6.01. The van der Waals surface area contributed by atoms with E-state index in [-0.39, 0.29) is 28.6 Å². The van der Waals surface area contributed by atoms with Gasteiger partial charge in [0, 0.05) is 11.3 Å². The summed E-state index contributed by atoms with van der Waals surface area (Å²) in [6.45, 7) is 3.59. The maximum atomic E-state index is 13.5. The van der Waals surface area contributed by atoms with Gasteiger partial charge in [-0.2, -0.15) is 23.5 Å². The zero-order chi connectivity index (χ0) is 25.5. The zero-order valence-corrected chi connectivity index (χ0v) is 18.9. The maximum absolute atomic E-state index is 13.5. The lowest BCUT2D eigenvalue weighted by atomic mass is 10.0. The Hall–Kier alpha value is -4.33. The Morgan fingerprint density at radius 2 is 1.83 bits per heavy atom. The van der Waals surface area contributed by atoms with Crippen molar-refractivity contribution in [2.75, 3.05) is 17.3 Å². The number of amides is 2. The number of hydrogen-bond donors (Lipinski definition) is 1. The number of ether oxygens (including phenoxy) is 1. The van der Waals surface area contributed by atoms with E-state index in [2.05, 4.69) is 10.4 Å². The van der Waals surface area contributed by atoms with Gasteiger partial charge in [0.2, 0.25) is 0 Å². The highest BCUT2D eigenvalue weighted by molar-refractivity contribution is 6.13. The summed E-state index contributed by atoms with van der Waals surface area (Å²) in [4.78, 5) is 27.7. The number of benzene rings is 2. The fraction of sp³-hybridized carbons (Fsp3) is 0.250. The van der Waals surface area contributed by atoms with Crippen LogP contribution in [0.4, 0.5) is 24.5 Å². The minimum atomic E-state index is -4.49. The number of methoxy groups -OCH3 is 1. The van der Waals surface area contributed by atoms with Crippen LogP contribution in [0.5, 0.6) is 5.75 Å². The van der Waals surface area contributed by atoms with Gasteiger partial charge in [0.05, 0.1) is 42.2 Å². The normalized spacial score (nSPS) is 17.5. The molecule has 180 valence electrons. The van der Waals surface area contributed by atoms with Crippen molar-refractivity contribution in [2.45, 2.75) is 32.1 Å². The molecule has 0 saturated heterocycles. The van der Waals surface area contributed by atoms with Crippen molar-refractivity contribution >= 4 is 23.2 Å². The van der Waals surface area contributed by atoms with Gasteiger partial charge < -0.3 is 15.0 Å². The Morgan fingerprint density at radius 1 is 1.14 bits per heavy atom. The smallest absolute Gasteiger partial charge is 0.416 e. The van der Waals surface area contributed by atoms with Crippen molar-refractivity contribution in [1.29, 1.82) is 5.26 Å². The number of anilines is 2. The first kappa shape index (κ1) is 23.8. The highest BCUT2D eigenvalue weighted by Gasteiger charge is 2.39. The molecule has 0 spiro atoms. The lowest BCUT2D eigenvalue weighted by molar-refractivity contribution is -0.137. The van der Waals surface area contributed by atoms with Crippen LogP contribution in [0.3, 0.4) is 0 Å². The summed E-state index contributed by atoms with van der Waals surface area (Å²) >= 11 is 0. The molecule has 0 bridgehead atoms. The van der Waals surface area contributed by atoms with Crippen LogP contribution in [0.25, 0.3) is 0 Å². The number of alkyl halides is 3. The summed E-state index contributed by atoms with van der Waals surface area (Å²) < 4.78 is 45.5. The largest absolute Gasteiger partial charge is 0.495 e. The molecule has 0 radical (unpaired) electrons. The average Bonchev–Trinajstić information content (AvgIpc) is 3.26. The van der Waals surface area contributed by atoms with Crippen molar-refractivity contribution in [1.82, 2.24) is 9.78 Å². The summed E-state index contributed by atoms with van der Waals surface area (Å²) in [5.74, 6) is -0.771. The van der Waals surface area contributed by atoms with Crippen LogP contribution in [-0.2, 0) is 6.18 Å². The number of carbonyl (C=O) groups is 2. The summed E-state index contributed by atoms with van der Waals surface area (Å²) in [7, 11) is 1.41. The van der Waals surface area contributed by atoms with Gasteiger partial charge in [-0.1, -0.05) is 0 Å². The van der Waals surface area contributed by atoms with Gasteiger partial charge in [-0.05, 0) is 56.3 Å². The Kier molecular flexibility index (Phi) is 5.98. The molecule has 0 aliphatic carbocycles. The molecule has 1 N–H and O–H groups in total. The van der Waals surface area contributed by atoms with E-state index < -0.39 is 29.6 Å². The summed E-state index contributed by atoms with van der Waals surface area (Å²) in [5, 5.41) is 16.2. The molecule has 1 aliphatic rings. The van der Waals surface area contributed by atoms with Gasteiger partial charge >= 0.3 is 6.18 Å². The first-order chi connectivity index (χ1) is 16.6. The van der Waals surface area contributed by atoms with E-state index in [0.717, 1.165) is 12.1 Å². The second kappa shape index (κ2) is 8.79. The first-order valence-electron chi connectivity index (χ1n) is 10.5. The molecule has 8 nitrogen and oxygen atoms in total. The van der Waals surface area contributed by atoms with Crippen molar-refractivity contribution in [2.24, 2.45) is 0 Å². The van der Waals surface area contributed by atoms with Gasteiger partial charge in [0.1, 0.15) is 11.8 Å². The van der Waals surface area contributed by atoms with Crippen LogP contribution in [0.15, 0.2) is 48.7 Å². The molecule has 2 heterocycles. The van der Waals surface area contributed by atoms with Crippen molar-refractivity contribution < 1.29 is 27.5 Å². The van der Waals surface area contributed by atoms with Crippen molar-refractivity contribution in [3.8, 4) is 11.8 Å². The van der Waals surface area contributed by atoms with Crippen LogP contribution in [0, 0.1) is 11.3 Å². The third kappa shape index (κ3) is 4.19. The fourth-order valence-corrected chi connectivity index (χ4v) is 3.99. The Morgan fingerprint density at radius 3 is 2.43 bits per heavy atom. The second-order valence-corrected chi connectivity index (χ2v) is 8.03. The standard InChI is InChI=1S/C24H20F3N5O3/c1-13-14(2)32-21(23(34)31(13)18-7-5-17(6-8-18)24(25,26)27)19(12-29-32)30-22(33)15-4-9-20(35-3)16(10-15)11-28/h4-10,12-14H,1-3H3,(H,30,33). The molecule has 2 amide bonds. The van der Waals surface area contributed by atoms with E-state index in [4.69, 9.17) is 4.74 Å². The quantitative estimate of drug-likeness (QED) is 0.583. The predicted octanol–water partition coefficient (Wildman–Crippen LogP) is 4.64. The minimum absolute atomic E-state index is 0.0952. The minimum Gasteiger partial charge on any atom is -0.495 e.